The molecule has 6 heteroatoms. The maximum absolute atomic E-state index is 12.5. The molecule has 23 heavy (non-hydrogen) atoms. The molecule has 0 aliphatic heterocycles. The molecule has 0 heterocycles. The van der Waals surface area contributed by atoms with Crippen LogP contribution in [0.15, 0.2) is 48.5 Å². The van der Waals surface area contributed by atoms with E-state index in [2.05, 4.69) is 10.6 Å². The van der Waals surface area contributed by atoms with Crippen molar-refractivity contribution >= 4 is 17.3 Å². The fourth-order valence-corrected chi connectivity index (χ4v) is 1.96. The highest BCUT2D eigenvalue weighted by Crippen LogP contribution is 2.29. The summed E-state index contributed by atoms with van der Waals surface area (Å²) in [4.78, 5) is 12.1. The van der Waals surface area contributed by atoms with Crippen LogP contribution in [-0.4, -0.2) is 11.9 Å². The van der Waals surface area contributed by atoms with Crippen molar-refractivity contribution in [3.8, 4) is 0 Å². The summed E-state index contributed by atoms with van der Waals surface area (Å²) in [7, 11) is 0. The molecular weight excluding hydrogens is 305 g/mol. The van der Waals surface area contributed by atoms with Gasteiger partial charge in [-0.2, -0.15) is 13.2 Å². The molecule has 2 N–H and O–H groups in total. The molecule has 0 saturated carbocycles. The van der Waals surface area contributed by atoms with E-state index in [1.165, 1.54) is 12.1 Å². The molecule has 0 aromatic heterocycles. The maximum Gasteiger partial charge on any atom is 0.416 e. The second-order valence-corrected chi connectivity index (χ2v) is 5.30. The number of aryl methyl sites for hydroxylation is 1. The fourth-order valence-electron chi connectivity index (χ4n) is 1.96. The Bertz CT molecular complexity index is 664. The highest BCUT2D eigenvalue weighted by atomic mass is 19.4. The number of hydrogen-bond acceptors (Lipinski definition) is 2. The standard InChI is InChI=1S/C17H17F3N2O/c1-11-3-7-14(8-4-11)21-12(2)16(23)22-15-9-5-13(6-10-15)17(18,19)20/h3-10,12,21H,1-2H3,(H,22,23)/t12-/m1/s1. The Morgan fingerprint density at radius 2 is 1.48 bits per heavy atom. The minimum absolute atomic E-state index is 0.320. The molecule has 0 fully saturated rings. The maximum atomic E-state index is 12.5. The second kappa shape index (κ2) is 6.73. The van der Waals surface area contributed by atoms with Crippen molar-refractivity contribution in [2.24, 2.45) is 0 Å². The van der Waals surface area contributed by atoms with Crippen molar-refractivity contribution in [2.45, 2.75) is 26.1 Å². The number of rotatable bonds is 4. The van der Waals surface area contributed by atoms with E-state index in [1.807, 2.05) is 31.2 Å². The van der Waals surface area contributed by atoms with Gasteiger partial charge in [0.25, 0.3) is 0 Å². The summed E-state index contributed by atoms with van der Waals surface area (Å²) in [5, 5.41) is 5.62. The van der Waals surface area contributed by atoms with Gasteiger partial charge in [0, 0.05) is 11.4 Å². The molecule has 0 radical (unpaired) electrons. The third kappa shape index (κ3) is 4.74. The zero-order valence-electron chi connectivity index (χ0n) is 12.7. The third-order valence-electron chi connectivity index (χ3n) is 3.31. The molecule has 0 saturated heterocycles. The van der Waals surface area contributed by atoms with Crippen molar-refractivity contribution in [2.75, 3.05) is 10.6 Å². The minimum atomic E-state index is -4.39. The van der Waals surface area contributed by atoms with E-state index in [1.54, 1.807) is 6.92 Å². The summed E-state index contributed by atoms with van der Waals surface area (Å²) in [5.41, 5.74) is 1.48. The summed E-state index contributed by atoms with van der Waals surface area (Å²) in [6.45, 7) is 3.64. The molecule has 2 aromatic carbocycles. The summed E-state index contributed by atoms with van der Waals surface area (Å²) >= 11 is 0. The molecular formula is C17H17F3N2O. The average molecular weight is 322 g/mol. The number of carbonyl (C=O) groups is 1. The lowest BCUT2D eigenvalue weighted by Crippen LogP contribution is -2.31. The first-order valence-corrected chi connectivity index (χ1v) is 7.07. The number of halogens is 3. The van der Waals surface area contributed by atoms with Gasteiger partial charge in [-0.15, -0.1) is 0 Å². The quantitative estimate of drug-likeness (QED) is 0.873. The molecule has 0 aliphatic rings. The lowest BCUT2D eigenvalue weighted by Gasteiger charge is -2.16. The SMILES string of the molecule is Cc1ccc(N[C@H](C)C(=O)Nc2ccc(C(F)(F)F)cc2)cc1. The van der Waals surface area contributed by atoms with E-state index in [-0.39, 0.29) is 5.91 Å². The van der Waals surface area contributed by atoms with E-state index < -0.39 is 17.8 Å². The predicted octanol–water partition coefficient (Wildman–Crippen LogP) is 4.45. The van der Waals surface area contributed by atoms with E-state index in [4.69, 9.17) is 0 Å². The van der Waals surface area contributed by atoms with Gasteiger partial charge in [0.2, 0.25) is 5.91 Å². The van der Waals surface area contributed by atoms with Gasteiger partial charge in [0.05, 0.1) is 5.56 Å². The first kappa shape index (κ1) is 16.9. The lowest BCUT2D eigenvalue weighted by molar-refractivity contribution is -0.137. The van der Waals surface area contributed by atoms with Gasteiger partial charge in [-0.1, -0.05) is 17.7 Å². The number of amides is 1. The van der Waals surface area contributed by atoms with E-state index in [0.29, 0.717) is 5.69 Å². The monoisotopic (exact) mass is 322 g/mol. The first-order valence-electron chi connectivity index (χ1n) is 7.07. The largest absolute Gasteiger partial charge is 0.416 e. The molecule has 0 aliphatic carbocycles. The first-order chi connectivity index (χ1) is 10.8. The highest BCUT2D eigenvalue weighted by Gasteiger charge is 2.30. The van der Waals surface area contributed by atoms with Gasteiger partial charge in [-0.3, -0.25) is 4.79 Å². The predicted molar refractivity (Wildman–Crippen MR) is 84.3 cm³/mol. The smallest absolute Gasteiger partial charge is 0.374 e. The number of hydrogen-bond donors (Lipinski definition) is 2. The van der Waals surface area contributed by atoms with Crippen LogP contribution in [0.25, 0.3) is 0 Å². The summed E-state index contributed by atoms with van der Waals surface area (Å²) in [6.07, 6.45) is -4.39. The van der Waals surface area contributed by atoms with Gasteiger partial charge < -0.3 is 10.6 Å². The van der Waals surface area contributed by atoms with Crippen LogP contribution in [0.5, 0.6) is 0 Å². The molecule has 122 valence electrons. The van der Waals surface area contributed by atoms with Crippen molar-refractivity contribution in [1.29, 1.82) is 0 Å². The Kier molecular flexibility index (Phi) is 4.93. The van der Waals surface area contributed by atoms with Gasteiger partial charge in [-0.25, -0.2) is 0 Å². The summed E-state index contributed by atoms with van der Waals surface area (Å²) in [5.74, 6) is -0.328. The molecule has 1 atom stereocenters. The highest BCUT2D eigenvalue weighted by molar-refractivity contribution is 5.96. The van der Waals surface area contributed by atoms with Gasteiger partial charge in [-0.05, 0) is 50.2 Å². The Morgan fingerprint density at radius 3 is 2.00 bits per heavy atom. The Hall–Kier alpha value is -2.50. The molecule has 0 bridgehead atoms. The molecule has 1 amide bonds. The van der Waals surface area contributed by atoms with Crippen molar-refractivity contribution in [3.05, 3.63) is 59.7 Å². The average Bonchev–Trinajstić information content (AvgIpc) is 2.49. The zero-order chi connectivity index (χ0) is 17.0. The van der Waals surface area contributed by atoms with Crippen LogP contribution >= 0.6 is 0 Å². The Morgan fingerprint density at radius 1 is 0.957 bits per heavy atom. The number of alkyl halides is 3. The van der Waals surface area contributed by atoms with Crippen LogP contribution in [0.4, 0.5) is 24.5 Å². The summed E-state index contributed by atoms with van der Waals surface area (Å²) < 4.78 is 37.5. The lowest BCUT2D eigenvalue weighted by atomic mass is 10.2. The van der Waals surface area contributed by atoms with Crippen LogP contribution in [-0.2, 0) is 11.0 Å². The normalized spacial score (nSPS) is 12.6. The Labute approximate surface area is 132 Å². The van der Waals surface area contributed by atoms with Crippen LogP contribution in [0.1, 0.15) is 18.1 Å². The van der Waals surface area contributed by atoms with Gasteiger partial charge in [0.15, 0.2) is 0 Å². The number of nitrogens with one attached hydrogen (secondary N) is 2. The number of anilines is 2. The van der Waals surface area contributed by atoms with Crippen LogP contribution in [0, 0.1) is 6.92 Å². The number of benzene rings is 2. The zero-order valence-corrected chi connectivity index (χ0v) is 12.7. The van der Waals surface area contributed by atoms with Crippen molar-refractivity contribution in [3.63, 3.8) is 0 Å². The van der Waals surface area contributed by atoms with E-state index >= 15 is 0 Å². The topological polar surface area (TPSA) is 41.1 Å². The van der Waals surface area contributed by atoms with Crippen molar-refractivity contribution in [1.82, 2.24) is 0 Å². The molecule has 2 rings (SSSR count). The van der Waals surface area contributed by atoms with E-state index in [9.17, 15) is 18.0 Å². The van der Waals surface area contributed by atoms with E-state index in [0.717, 1.165) is 23.4 Å². The van der Waals surface area contributed by atoms with Crippen LogP contribution in [0.2, 0.25) is 0 Å². The van der Waals surface area contributed by atoms with Crippen LogP contribution in [0.3, 0.4) is 0 Å². The molecule has 2 aromatic rings. The summed E-state index contributed by atoms with van der Waals surface area (Å²) in [6, 6.07) is 11.4. The fraction of sp³-hybridized carbons (Fsp3) is 0.235. The second-order valence-electron chi connectivity index (χ2n) is 5.30. The van der Waals surface area contributed by atoms with Crippen LogP contribution < -0.4 is 10.6 Å². The number of carbonyl (C=O) groups excluding carboxylic acids is 1. The molecule has 3 nitrogen and oxygen atoms in total. The minimum Gasteiger partial charge on any atom is -0.374 e. The molecule has 0 unspecified atom stereocenters. The third-order valence-corrected chi connectivity index (χ3v) is 3.31. The molecule has 0 spiro atoms. The Balaban J connectivity index is 1.96. The van der Waals surface area contributed by atoms with Gasteiger partial charge in [0.1, 0.15) is 6.04 Å². The van der Waals surface area contributed by atoms with Crippen molar-refractivity contribution < 1.29 is 18.0 Å². The van der Waals surface area contributed by atoms with Gasteiger partial charge >= 0.3 is 6.18 Å².